The third kappa shape index (κ3) is 5.46. The summed E-state index contributed by atoms with van der Waals surface area (Å²) >= 11 is 0. The van der Waals surface area contributed by atoms with E-state index in [9.17, 15) is 9.18 Å². The van der Waals surface area contributed by atoms with Gasteiger partial charge >= 0.3 is 0 Å². The van der Waals surface area contributed by atoms with E-state index in [1.807, 2.05) is 6.92 Å². The third-order valence-corrected chi connectivity index (χ3v) is 3.76. The molecule has 0 saturated heterocycles. The molecule has 0 aliphatic carbocycles. The Morgan fingerprint density at radius 1 is 1.29 bits per heavy atom. The molecular weight excluding hydrogens is 267 g/mol. The molecule has 1 aromatic carbocycles. The van der Waals surface area contributed by atoms with Gasteiger partial charge in [0, 0.05) is 6.42 Å². The molecule has 4 heteroatoms. The van der Waals surface area contributed by atoms with Crippen molar-refractivity contribution in [1.29, 1.82) is 0 Å². The standard InChI is InChI=1S/C17H27FN2O/c1-5-12(11-19)10-15(21)20-16(17(2,3)4)13-6-8-14(18)9-7-13/h6-9,12,16H,5,10-11,19H2,1-4H3,(H,20,21). The van der Waals surface area contributed by atoms with Gasteiger partial charge in [-0.2, -0.15) is 0 Å². The first-order valence-corrected chi connectivity index (χ1v) is 7.52. The second-order valence-electron chi connectivity index (χ2n) is 6.63. The molecule has 3 N–H and O–H groups in total. The van der Waals surface area contributed by atoms with Gasteiger partial charge in [-0.15, -0.1) is 0 Å². The second kappa shape index (κ2) is 7.55. The van der Waals surface area contributed by atoms with E-state index in [0.717, 1.165) is 12.0 Å². The Morgan fingerprint density at radius 2 is 1.86 bits per heavy atom. The third-order valence-electron chi connectivity index (χ3n) is 3.76. The van der Waals surface area contributed by atoms with Crippen molar-refractivity contribution in [2.24, 2.45) is 17.1 Å². The molecule has 0 saturated carbocycles. The molecule has 2 unspecified atom stereocenters. The van der Waals surface area contributed by atoms with Gasteiger partial charge in [0.05, 0.1) is 6.04 Å². The van der Waals surface area contributed by atoms with Crippen molar-refractivity contribution in [1.82, 2.24) is 5.32 Å². The van der Waals surface area contributed by atoms with Crippen LogP contribution >= 0.6 is 0 Å². The number of carbonyl (C=O) groups excluding carboxylic acids is 1. The molecule has 0 aliphatic heterocycles. The molecule has 3 nitrogen and oxygen atoms in total. The molecule has 2 atom stereocenters. The van der Waals surface area contributed by atoms with Crippen LogP contribution in [0.2, 0.25) is 0 Å². The fourth-order valence-electron chi connectivity index (χ4n) is 2.33. The highest BCUT2D eigenvalue weighted by atomic mass is 19.1. The van der Waals surface area contributed by atoms with Gasteiger partial charge in [0.2, 0.25) is 5.91 Å². The largest absolute Gasteiger partial charge is 0.349 e. The van der Waals surface area contributed by atoms with Crippen LogP contribution in [0.25, 0.3) is 0 Å². The lowest BCUT2D eigenvalue weighted by atomic mass is 9.82. The Labute approximate surface area is 127 Å². The van der Waals surface area contributed by atoms with Gasteiger partial charge in [-0.25, -0.2) is 4.39 Å². The number of hydrogen-bond acceptors (Lipinski definition) is 2. The van der Waals surface area contributed by atoms with Crippen LogP contribution in [-0.4, -0.2) is 12.5 Å². The molecule has 0 aromatic heterocycles. The van der Waals surface area contributed by atoms with Gasteiger partial charge in [-0.05, 0) is 35.6 Å². The van der Waals surface area contributed by atoms with Gasteiger partial charge in [0.1, 0.15) is 5.82 Å². The molecule has 0 spiro atoms. The van der Waals surface area contributed by atoms with E-state index in [0.29, 0.717) is 13.0 Å². The highest BCUT2D eigenvalue weighted by Gasteiger charge is 2.28. The van der Waals surface area contributed by atoms with E-state index in [1.54, 1.807) is 12.1 Å². The van der Waals surface area contributed by atoms with Gasteiger partial charge in [-0.3, -0.25) is 4.79 Å². The van der Waals surface area contributed by atoms with Crippen molar-refractivity contribution >= 4 is 5.91 Å². The Hall–Kier alpha value is -1.42. The summed E-state index contributed by atoms with van der Waals surface area (Å²) in [5.41, 5.74) is 6.41. The first kappa shape index (κ1) is 17.6. The Kier molecular flexibility index (Phi) is 6.34. The molecule has 0 heterocycles. The number of benzene rings is 1. The van der Waals surface area contributed by atoms with Gasteiger partial charge < -0.3 is 11.1 Å². The SMILES string of the molecule is CCC(CN)CC(=O)NC(c1ccc(F)cc1)C(C)(C)C. The molecule has 118 valence electrons. The quantitative estimate of drug-likeness (QED) is 0.845. The highest BCUT2D eigenvalue weighted by molar-refractivity contribution is 5.76. The second-order valence-corrected chi connectivity index (χ2v) is 6.63. The van der Waals surface area contributed by atoms with E-state index >= 15 is 0 Å². The van der Waals surface area contributed by atoms with Crippen molar-refractivity contribution in [2.75, 3.05) is 6.54 Å². The summed E-state index contributed by atoms with van der Waals surface area (Å²) in [7, 11) is 0. The summed E-state index contributed by atoms with van der Waals surface area (Å²) in [6.07, 6.45) is 1.32. The topological polar surface area (TPSA) is 55.1 Å². The first-order valence-electron chi connectivity index (χ1n) is 7.52. The molecule has 1 aromatic rings. The number of halogens is 1. The van der Waals surface area contributed by atoms with Crippen LogP contribution in [0.3, 0.4) is 0 Å². The lowest BCUT2D eigenvalue weighted by molar-refractivity contribution is -0.123. The van der Waals surface area contributed by atoms with Crippen LogP contribution in [0, 0.1) is 17.2 Å². The summed E-state index contributed by atoms with van der Waals surface area (Å²) in [6, 6.07) is 6.16. The average molecular weight is 294 g/mol. The van der Waals surface area contributed by atoms with Gasteiger partial charge in [0.15, 0.2) is 0 Å². The summed E-state index contributed by atoms with van der Waals surface area (Å²) in [5, 5.41) is 3.07. The summed E-state index contributed by atoms with van der Waals surface area (Å²) in [4.78, 5) is 12.2. The molecule has 1 rings (SSSR count). The molecule has 0 bridgehead atoms. The maximum atomic E-state index is 13.1. The Morgan fingerprint density at radius 3 is 2.29 bits per heavy atom. The average Bonchev–Trinajstić information content (AvgIpc) is 2.42. The zero-order valence-corrected chi connectivity index (χ0v) is 13.4. The van der Waals surface area contributed by atoms with Crippen LogP contribution in [-0.2, 0) is 4.79 Å². The molecule has 21 heavy (non-hydrogen) atoms. The highest BCUT2D eigenvalue weighted by Crippen LogP contribution is 2.33. The van der Waals surface area contributed by atoms with Crippen LogP contribution in [0.4, 0.5) is 4.39 Å². The minimum atomic E-state index is -0.271. The number of rotatable bonds is 6. The minimum Gasteiger partial charge on any atom is -0.349 e. The zero-order valence-electron chi connectivity index (χ0n) is 13.4. The zero-order chi connectivity index (χ0) is 16.0. The molecule has 0 aliphatic rings. The van der Waals surface area contributed by atoms with Crippen molar-refractivity contribution < 1.29 is 9.18 Å². The van der Waals surface area contributed by atoms with Crippen LogP contribution in [0.15, 0.2) is 24.3 Å². The van der Waals surface area contributed by atoms with Crippen molar-refractivity contribution in [2.45, 2.75) is 46.6 Å². The first-order chi connectivity index (χ1) is 9.77. The predicted molar refractivity (Wildman–Crippen MR) is 84.2 cm³/mol. The van der Waals surface area contributed by atoms with Crippen LogP contribution in [0.5, 0.6) is 0 Å². The molecule has 0 radical (unpaired) electrons. The lowest BCUT2D eigenvalue weighted by Gasteiger charge is -2.32. The summed E-state index contributed by atoms with van der Waals surface area (Å²) in [6.45, 7) is 8.72. The fourth-order valence-corrected chi connectivity index (χ4v) is 2.33. The smallest absolute Gasteiger partial charge is 0.220 e. The Balaban J connectivity index is 2.85. The monoisotopic (exact) mass is 294 g/mol. The number of nitrogens with two attached hydrogens (primary N) is 1. The van der Waals surface area contributed by atoms with Crippen LogP contribution < -0.4 is 11.1 Å². The van der Waals surface area contributed by atoms with Gasteiger partial charge in [0.25, 0.3) is 0 Å². The fraction of sp³-hybridized carbons (Fsp3) is 0.588. The number of nitrogens with one attached hydrogen (secondary N) is 1. The minimum absolute atomic E-state index is 0.00319. The van der Waals surface area contributed by atoms with Crippen LogP contribution in [0.1, 0.15) is 52.1 Å². The summed E-state index contributed by atoms with van der Waals surface area (Å²) in [5.74, 6) is -0.0673. The van der Waals surface area contributed by atoms with E-state index < -0.39 is 0 Å². The van der Waals surface area contributed by atoms with E-state index in [-0.39, 0.29) is 29.1 Å². The Bertz CT molecular complexity index is 447. The van der Waals surface area contributed by atoms with E-state index in [1.165, 1.54) is 12.1 Å². The number of carbonyl (C=O) groups is 1. The van der Waals surface area contributed by atoms with E-state index in [2.05, 4.69) is 26.1 Å². The maximum Gasteiger partial charge on any atom is 0.220 e. The molecular formula is C17H27FN2O. The van der Waals surface area contributed by atoms with E-state index in [4.69, 9.17) is 5.73 Å². The maximum absolute atomic E-state index is 13.1. The summed E-state index contributed by atoms with van der Waals surface area (Å²) < 4.78 is 13.1. The lowest BCUT2D eigenvalue weighted by Crippen LogP contribution is -2.38. The number of amides is 1. The number of hydrogen-bond donors (Lipinski definition) is 2. The van der Waals surface area contributed by atoms with Gasteiger partial charge in [-0.1, -0.05) is 46.2 Å². The van der Waals surface area contributed by atoms with Crippen molar-refractivity contribution in [3.8, 4) is 0 Å². The normalized spacial score (nSPS) is 14.6. The van der Waals surface area contributed by atoms with Crippen molar-refractivity contribution in [3.63, 3.8) is 0 Å². The molecule has 1 amide bonds. The van der Waals surface area contributed by atoms with Crippen molar-refractivity contribution in [3.05, 3.63) is 35.6 Å². The predicted octanol–water partition coefficient (Wildman–Crippen LogP) is 3.40. The molecule has 0 fully saturated rings.